The zero-order valence-corrected chi connectivity index (χ0v) is 19.9. The average Bonchev–Trinajstić information content (AvgIpc) is 3.13. The maximum atomic E-state index is 12.3. The Morgan fingerprint density at radius 1 is 1.12 bits per heavy atom. The number of ether oxygens (including phenoxy) is 1. The van der Waals surface area contributed by atoms with Crippen LogP contribution in [0.5, 0.6) is 0 Å². The zero-order valence-electron chi connectivity index (χ0n) is 18.4. The largest absolute Gasteiger partial charge is 0.464 e. The molecule has 3 aromatic rings. The van der Waals surface area contributed by atoms with Crippen LogP contribution in [0.2, 0.25) is 10.3 Å². The third-order valence-corrected chi connectivity index (χ3v) is 5.72. The molecule has 33 heavy (non-hydrogen) atoms. The molecule has 0 bridgehead atoms. The van der Waals surface area contributed by atoms with Crippen LogP contribution in [0.1, 0.15) is 20.8 Å². The molecule has 0 atom stereocenters. The van der Waals surface area contributed by atoms with Gasteiger partial charge < -0.3 is 19.6 Å². The van der Waals surface area contributed by atoms with E-state index in [0.29, 0.717) is 48.3 Å². The number of carboxylic acid groups (broad SMARTS) is 1. The summed E-state index contributed by atoms with van der Waals surface area (Å²) in [7, 11) is 0. The van der Waals surface area contributed by atoms with Crippen LogP contribution in [0.25, 0.3) is 22.2 Å². The van der Waals surface area contributed by atoms with E-state index in [9.17, 15) is 14.7 Å². The van der Waals surface area contributed by atoms with Crippen LogP contribution in [0.15, 0.2) is 30.6 Å². The molecule has 1 amide bonds. The Hall–Kier alpha value is -3.04. The second kappa shape index (κ2) is 8.72. The van der Waals surface area contributed by atoms with E-state index in [-0.39, 0.29) is 16.4 Å². The van der Waals surface area contributed by atoms with E-state index in [4.69, 9.17) is 27.9 Å². The number of nitrogens with zero attached hydrogens (tertiary/aromatic N) is 5. The van der Waals surface area contributed by atoms with Gasteiger partial charge in [0.25, 0.3) is 0 Å². The van der Waals surface area contributed by atoms with Gasteiger partial charge >= 0.3 is 12.2 Å². The summed E-state index contributed by atoms with van der Waals surface area (Å²) >= 11 is 12.2. The normalized spacial score (nSPS) is 14.6. The highest BCUT2D eigenvalue weighted by atomic mass is 35.5. The highest BCUT2D eigenvalue weighted by Gasteiger charge is 2.26. The van der Waals surface area contributed by atoms with Crippen molar-refractivity contribution in [2.75, 3.05) is 31.1 Å². The molecule has 0 saturated carbocycles. The molecule has 1 aliphatic heterocycles. The molecule has 4 rings (SSSR count). The molecule has 0 radical (unpaired) electrons. The number of piperazine rings is 1. The molecule has 0 aliphatic carbocycles. The number of hydrogen-bond acceptors (Lipinski definition) is 6. The first-order chi connectivity index (χ1) is 15.5. The number of aromatic nitrogens is 3. The lowest BCUT2D eigenvalue weighted by atomic mass is 10.1. The van der Waals surface area contributed by atoms with E-state index in [1.54, 1.807) is 4.90 Å². The maximum absolute atomic E-state index is 12.3. The first-order valence-corrected chi connectivity index (χ1v) is 11.1. The number of anilines is 1. The van der Waals surface area contributed by atoms with Crippen molar-refractivity contribution in [2.24, 2.45) is 0 Å². The minimum atomic E-state index is -1.13. The molecular formula is C22H23Cl2N5O4. The van der Waals surface area contributed by atoms with Gasteiger partial charge in [0.1, 0.15) is 5.60 Å². The van der Waals surface area contributed by atoms with E-state index in [2.05, 4.69) is 14.9 Å². The van der Waals surface area contributed by atoms with E-state index >= 15 is 0 Å². The molecule has 2 aromatic heterocycles. The number of benzene rings is 1. The van der Waals surface area contributed by atoms with Gasteiger partial charge in [-0.15, -0.1) is 0 Å². The van der Waals surface area contributed by atoms with Crippen molar-refractivity contribution in [1.82, 2.24) is 19.4 Å². The Morgan fingerprint density at radius 3 is 2.45 bits per heavy atom. The monoisotopic (exact) mass is 491 g/mol. The minimum Gasteiger partial charge on any atom is -0.464 e. The number of carbonyl (C=O) groups is 2. The fraction of sp³-hybridized carbons (Fsp3) is 0.364. The molecule has 9 nitrogen and oxygen atoms in total. The quantitative estimate of drug-likeness (QED) is 0.503. The summed E-state index contributed by atoms with van der Waals surface area (Å²) in [6.07, 6.45) is 1.40. The summed E-state index contributed by atoms with van der Waals surface area (Å²) in [5.74, 6) is 0. The summed E-state index contributed by atoms with van der Waals surface area (Å²) in [6, 6.07) is 5.57. The van der Waals surface area contributed by atoms with Crippen LogP contribution >= 0.6 is 23.2 Å². The van der Waals surface area contributed by atoms with E-state index in [0.717, 1.165) is 10.3 Å². The predicted octanol–water partition coefficient (Wildman–Crippen LogP) is 4.99. The summed E-state index contributed by atoms with van der Waals surface area (Å²) in [6.45, 7) is 7.72. The third kappa shape index (κ3) is 4.84. The fourth-order valence-electron chi connectivity index (χ4n) is 3.77. The van der Waals surface area contributed by atoms with Crippen molar-refractivity contribution in [1.29, 1.82) is 0 Å². The van der Waals surface area contributed by atoms with Gasteiger partial charge in [-0.05, 0) is 44.5 Å². The first kappa shape index (κ1) is 23.1. The van der Waals surface area contributed by atoms with Crippen LogP contribution in [-0.2, 0) is 4.74 Å². The van der Waals surface area contributed by atoms with Gasteiger partial charge in [0.2, 0.25) is 5.28 Å². The highest BCUT2D eigenvalue weighted by molar-refractivity contribution is 6.34. The number of rotatable bonds is 2. The Morgan fingerprint density at radius 2 is 1.82 bits per heavy atom. The number of amides is 1. The van der Waals surface area contributed by atoms with Crippen LogP contribution in [0.3, 0.4) is 0 Å². The van der Waals surface area contributed by atoms with Crippen molar-refractivity contribution in [3.63, 3.8) is 0 Å². The van der Waals surface area contributed by atoms with E-state index in [1.807, 2.05) is 39.0 Å². The Bertz CT molecular complexity index is 1230. The minimum absolute atomic E-state index is 0.0186. The average molecular weight is 492 g/mol. The van der Waals surface area contributed by atoms with Crippen molar-refractivity contribution in [3.05, 3.63) is 40.9 Å². The van der Waals surface area contributed by atoms with E-state index in [1.165, 1.54) is 12.4 Å². The summed E-state index contributed by atoms with van der Waals surface area (Å²) < 4.78 is 6.59. The molecule has 1 N–H and O–H groups in total. The number of hydrogen-bond donors (Lipinski definition) is 1. The molecule has 1 aliphatic rings. The lowest BCUT2D eigenvalue weighted by Crippen LogP contribution is -2.50. The van der Waals surface area contributed by atoms with Gasteiger partial charge in [0, 0.05) is 49.0 Å². The molecule has 1 aromatic carbocycles. The first-order valence-electron chi connectivity index (χ1n) is 10.3. The molecule has 0 unspecified atom stereocenters. The van der Waals surface area contributed by atoms with Gasteiger partial charge in [-0.25, -0.2) is 19.6 Å². The molecule has 174 valence electrons. The molecule has 1 fully saturated rings. The van der Waals surface area contributed by atoms with Crippen molar-refractivity contribution < 1.29 is 19.4 Å². The van der Waals surface area contributed by atoms with Crippen LogP contribution in [-0.4, -0.2) is 68.5 Å². The molecule has 0 spiro atoms. The Kier molecular flexibility index (Phi) is 6.11. The molecule has 11 heteroatoms. The number of fused-ring (bicyclic) bond motifs is 1. The van der Waals surface area contributed by atoms with Crippen LogP contribution < -0.4 is 4.90 Å². The summed E-state index contributed by atoms with van der Waals surface area (Å²) in [5, 5.41) is 10.7. The lowest BCUT2D eigenvalue weighted by Gasteiger charge is -2.36. The Labute approximate surface area is 200 Å². The van der Waals surface area contributed by atoms with Gasteiger partial charge in [-0.2, -0.15) is 0 Å². The topological polar surface area (TPSA) is 101 Å². The van der Waals surface area contributed by atoms with Crippen LogP contribution in [0.4, 0.5) is 15.3 Å². The van der Waals surface area contributed by atoms with Crippen molar-refractivity contribution >= 4 is 52.0 Å². The predicted molar refractivity (Wildman–Crippen MR) is 126 cm³/mol. The SMILES string of the molecule is CC(C)(C)OC(=O)N1CCN(c2ccc3c(-c4nc(Cl)ncc4Cl)cn(C(=O)O)c3c2)CC1. The molecule has 1 saturated heterocycles. The lowest BCUT2D eigenvalue weighted by molar-refractivity contribution is 0.0240. The second-order valence-corrected chi connectivity index (χ2v) is 9.43. The smallest absolute Gasteiger partial charge is 0.416 e. The van der Waals surface area contributed by atoms with E-state index < -0.39 is 11.7 Å². The maximum Gasteiger partial charge on any atom is 0.416 e. The standard InChI is InChI=1S/C22H23Cl2N5O4/c1-22(2,3)33-21(32)28-8-6-27(7-9-28)13-4-5-14-15(12-29(20(30)31)17(14)10-13)18-16(23)11-25-19(24)26-18/h4-5,10-12H,6-9H2,1-3H3,(H,30,31). The summed E-state index contributed by atoms with van der Waals surface area (Å²) in [4.78, 5) is 36.1. The second-order valence-electron chi connectivity index (χ2n) is 8.69. The number of halogens is 2. The Balaban J connectivity index is 1.63. The van der Waals surface area contributed by atoms with Gasteiger partial charge in [-0.3, -0.25) is 4.57 Å². The van der Waals surface area contributed by atoms with Crippen molar-refractivity contribution in [2.45, 2.75) is 26.4 Å². The van der Waals surface area contributed by atoms with Crippen LogP contribution in [0, 0.1) is 0 Å². The van der Waals surface area contributed by atoms with Crippen molar-refractivity contribution in [3.8, 4) is 11.3 Å². The fourth-order valence-corrected chi connectivity index (χ4v) is 4.09. The molecular weight excluding hydrogens is 469 g/mol. The third-order valence-electron chi connectivity index (χ3n) is 5.26. The highest BCUT2D eigenvalue weighted by Crippen LogP contribution is 2.36. The van der Waals surface area contributed by atoms with Gasteiger partial charge in [-0.1, -0.05) is 17.7 Å². The zero-order chi connectivity index (χ0) is 23.9. The van der Waals surface area contributed by atoms with Gasteiger partial charge in [0.05, 0.1) is 22.4 Å². The molecule has 3 heterocycles. The van der Waals surface area contributed by atoms with Gasteiger partial charge in [0.15, 0.2) is 0 Å². The summed E-state index contributed by atoms with van der Waals surface area (Å²) in [5.41, 5.74) is 1.71. The number of carbonyl (C=O) groups excluding carboxylic acids is 1.